The molecule has 1 aliphatic rings. The second kappa shape index (κ2) is 6.12. The van der Waals surface area contributed by atoms with Crippen LogP contribution in [0.2, 0.25) is 0 Å². The Kier molecular flexibility index (Phi) is 4.68. The minimum atomic E-state index is -0.501. The summed E-state index contributed by atoms with van der Waals surface area (Å²) in [6.45, 7) is 7.51. The number of hydrogen-bond acceptors (Lipinski definition) is 4. The van der Waals surface area contributed by atoms with Crippen molar-refractivity contribution in [2.45, 2.75) is 45.6 Å². The largest absolute Gasteiger partial charge is 0.456 e. The molecule has 0 N–H and O–H groups in total. The van der Waals surface area contributed by atoms with Gasteiger partial charge >= 0.3 is 5.97 Å². The molecular formula is C15H21BrN2O2. The highest BCUT2D eigenvalue weighted by Gasteiger charge is 2.24. The average Bonchev–Trinajstić information content (AvgIpc) is 2.37. The van der Waals surface area contributed by atoms with E-state index in [0.717, 1.165) is 36.2 Å². The highest BCUT2D eigenvalue weighted by molar-refractivity contribution is 9.10. The first-order chi connectivity index (χ1) is 9.37. The van der Waals surface area contributed by atoms with Gasteiger partial charge in [0, 0.05) is 23.8 Å². The molecule has 0 unspecified atom stereocenters. The van der Waals surface area contributed by atoms with Gasteiger partial charge in [0.2, 0.25) is 0 Å². The minimum absolute atomic E-state index is 0.313. The summed E-state index contributed by atoms with van der Waals surface area (Å²) in [6, 6.07) is 1.80. The SMILES string of the molecule is CC(C)(C)OC(=O)c1cc(Br)cnc1N1CCCCC1. The van der Waals surface area contributed by atoms with E-state index in [0.29, 0.717) is 5.56 Å². The van der Waals surface area contributed by atoms with Crippen molar-refractivity contribution < 1.29 is 9.53 Å². The van der Waals surface area contributed by atoms with Crippen LogP contribution in [0.15, 0.2) is 16.7 Å². The van der Waals surface area contributed by atoms with Crippen molar-refractivity contribution in [2.75, 3.05) is 18.0 Å². The molecule has 1 saturated heterocycles. The topological polar surface area (TPSA) is 42.4 Å². The summed E-state index contributed by atoms with van der Waals surface area (Å²) in [5, 5.41) is 0. The van der Waals surface area contributed by atoms with Crippen molar-refractivity contribution in [2.24, 2.45) is 0 Å². The van der Waals surface area contributed by atoms with Gasteiger partial charge in [-0.15, -0.1) is 0 Å². The molecule has 0 radical (unpaired) electrons. The van der Waals surface area contributed by atoms with E-state index in [1.54, 1.807) is 12.3 Å². The third-order valence-corrected chi connectivity index (χ3v) is 3.54. The summed E-state index contributed by atoms with van der Waals surface area (Å²) in [5.41, 5.74) is 0.0367. The number of piperidine rings is 1. The minimum Gasteiger partial charge on any atom is -0.456 e. The van der Waals surface area contributed by atoms with Crippen LogP contribution in [0, 0.1) is 0 Å². The molecule has 0 aliphatic carbocycles. The molecule has 0 aromatic carbocycles. The average molecular weight is 341 g/mol. The summed E-state index contributed by atoms with van der Waals surface area (Å²) in [5.74, 6) is 0.425. The fourth-order valence-electron chi connectivity index (χ4n) is 2.27. The molecule has 5 heteroatoms. The molecule has 1 aromatic rings. The van der Waals surface area contributed by atoms with Gasteiger partial charge in [-0.3, -0.25) is 0 Å². The molecular weight excluding hydrogens is 320 g/mol. The Balaban J connectivity index is 2.30. The zero-order valence-electron chi connectivity index (χ0n) is 12.3. The van der Waals surface area contributed by atoms with E-state index in [-0.39, 0.29) is 5.97 Å². The van der Waals surface area contributed by atoms with Gasteiger partial charge in [-0.25, -0.2) is 9.78 Å². The fraction of sp³-hybridized carbons (Fsp3) is 0.600. The van der Waals surface area contributed by atoms with Gasteiger partial charge in [-0.05, 0) is 62.0 Å². The van der Waals surface area contributed by atoms with Gasteiger partial charge in [0.05, 0.1) is 0 Å². The lowest BCUT2D eigenvalue weighted by Gasteiger charge is -2.29. The van der Waals surface area contributed by atoms with E-state index < -0.39 is 5.60 Å². The number of carbonyl (C=O) groups is 1. The predicted octanol–water partition coefficient (Wildman–Crippen LogP) is 3.79. The Labute approximate surface area is 128 Å². The van der Waals surface area contributed by atoms with Gasteiger partial charge in [-0.2, -0.15) is 0 Å². The number of anilines is 1. The highest BCUT2D eigenvalue weighted by Crippen LogP contribution is 2.26. The Hall–Kier alpha value is -1.10. The first-order valence-corrected chi connectivity index (χ1v) is 7.80. The highest BCUT2D eigenvalue weighted by atomic mass is 79.9. The summed E-state index contributed by atoms with van der Waals surface area (Å²) in [6.07, 6.45) is 5.27. The lowest BCUT2D eigenvalue weighted by molar-refractivity contribution is 0.00698. The van der Waals surface area contributed by atoms with Gasteiger partial charge in [0.1, 0.15) is 17.0 Å². The van der Waals surface area contributed by atoms with Crippen molar-refractivity contribution in [3.8, 4) is 0 Å². The number of esters is 1. The van der Waals surface area contributed by atoms with Crippen LogP contribution in [0.25, 0.3) is 0 Å². The number of ether oxygens (including phenoxy) is 1. The monoisotopic (exact) mass is 340 g/mol. The van der Waals surface area contributed by atoms with Crippen LogP contribution in [0.3, 0.4) is 0 Å². The molecule has 0 atom stereocenters. The standard InChI is InChI=1S/C15H21BrN2O2/c1-15(2,3)20-14(19)12-9-11(16)10-17-13(12)18-7-5-4-6-8-18/h9-10H,4-8H2,1-3H3. The lowest BCUT2D eigenvalue weighted by Crippen LogP contribution is -2.32. The maximum atomic E-state index is 12.4. The first kappa shape index (κ1) is 15.3. The maximum absolute atomic E-state index is 12.4. The van der Waals surface area contributed by atoms with E-state index in [1.165, 1.54) is 6.42 Å². The van der Waals surface area contributed by atoms with Crippen molar-refractivity contribution in [3.63, 3.8) is 0 Å². The third kappa shape index (κ3) is 3.95. The molecule has 110 valence electrons. The fourth-order valence-corrected chi connectivity index (χ4v) is 2.60. The predicted molar refractivity (Wildman–Crippen MR) is 83.2 cm³/mol. The summed E-state index contributed by atoms with van der Waals surface area (Å²) >= 11 is 3.38. The van der Waals surface area contributed by atoms with Gasteiger partial charge in [-0.1, -0.05) is 0 Å². The van der Waals surface area contributed by atoms with Crippen LogP contribution < -0.4 is 4.90 Å². The normalized spacial score (nSPS) is 16.1. The van der Waals surface area contributed by atoms with E-state index in [1.807, 2.05) is 20.8 Å². The number of halogens is 1. The van der Waals surface area contributed by atoms with Crippen molar-refractivity contribution in [1.82, 2.24) is 4.98 Å². The zero-order chi connectivity index (χ0) is 14.8. The van der Waals surface area contributed by atoms with E-state index >= 15 is 0 Å². The molecule has 0 amide bonds. The van der Waals surface area contributed by atoms with Crippen LogP contribution in [-0.4, -0.2) is 29.6 Å². The van der Waals surface area contributed by atoms with Crippen molar-refractivity contribution >= 4 is 27.7 Å². The molecule has 4 nitrogen and oxygen atoms in total. The number of pyridine rings is 1. The Morgan fingerprint density at radius 1 is 1.30 bits per heavy atom. The molecule has 1 aliphatic heterocycles. The quantitative estimate of drug-likeness (QED) is 0.768. The van der Waals surface area contributed by atoms with Crippen LogP contribution in [0.5, 0.6) is 0 Å². The summed E-state index contributed by atoms with van der Waals surface area (Å²) < 4.78 is 6.27. The Morgan fingerprint density at radius 3 is 2.55 bits per heavy atom. The molecule has 1 fully saturated rings. The van der Waals surface area contributed by atoms with Crippen LogP contribution in [0.4, 0.5) is 5.82 Å². The van der Waals surface area contributed by atoms with Crippen LogP contribution >= 0.6 is 15.9 Å². The molecule has 0 spiro atoms. The first-order valence-electron chi connectivity index (χ1n) is 7.01. The summed E-state index contributed by atoms with van der Waals surface area (Å²) in [4.78, 5) is 19.0. The number of nitrogens with zero attached hydrogens (tertiary/aromatic N) is 2. The Morgan fingerprint density at radius 2 is 1.95 bits per heavy atom. The second-order valence-electron chi connectivity index (χ2n) is 6.07. The third-order valence-electron chi connectivity index (χ3n) is 3.11. The van der Waals surface area contributed by atoms with Gasteiger partial charge in [0.15, 0.2) is 0 Å². The van der Waals surface area contributed by atoms with Crippen LogP contribution in [-0.2, 0) is 4.74 Å². The van der Waals surface area contributed by atoms with E-state index in [4.69, 9.17) is 4.74 Å². The Bertz CT molecular complexity index is 491. The molecule has 0 saturated carbocycles. The number of carbonyl (C=O) groups excluding carboxylic acids is 1. The van der Waals surface area contributed by atoms with E-state index in [9.17, 15) is 4.79 Å². The van der Waals surface area contributed by atoms with Gasteiger partial charge < -0.3 is 9.64 Å². The molecule has 2 heterocycles. The zero-order valence-corrected chi connectivity index (χ0v) is 13.9. The van der Waals surface area contributed by atoms with Crippen molar-refractivity contribution in [1.29, 1.82) is 0 Å². The smallest absolute Gasteiger partial charge is 0.342 e. The van der Waals surface area contributed by atoms with Gasteiger partial charge in [0.25, 0.3) is 0 Å². The summed E-state index contributed by atoms with van der Waals surface area (Å²) in [7, 11) is 0. The lowest BCUT2D eigenvalue weighted by atomic mass is 10.1. The van der Waals surface area contributed by atoms with E-state index in [2.05, 4.69) is 25.8 Å². The number of hydrogen-bond donors (Lipinski definition) is 0. The number of aromatic nitrogens is 1. The molecule has 0 bridgehead atoms. The van der Waals surface area contributed by atoms with Crippen molar-refractivity contribution in [3.05, 3.63) is 22.3 Å². The molecule has 20 heavy (non-hydrogen) atoms. The maximum Gasteiger partial charge on any atom is 0.342 e. The molecule has 2 rings (SSSR count). The molecule has 1 aromatic heterocycles. The second-order valence-corrected chi connectivity index (χ2v) is 6.99. The number of rotatable bonds is 2. The van der Waals surface area contributed by atoms with Crippen LogP contribution in [0.1, 0.15) is 50.4 Å².